The minimum absolute atomic E-state index is 0.230. The van der Waals surface area contributed by atoms with Gasteiger partial charge in [0, 0.05) is 19.5 Å². The standard InChI is InChI=1S/C20H24FN3O/c1-2-22-20(24-14-16-4-3-5-18(21)13-16)23-10-8-15-6-7-19-17(12-15)9-11-25-19/h3-7,12-13H,2,8-11,14H2,1H3,(H2,22,23,24). The van der Waals surface area contributed by atoms with Gasteiger partial charge in [0.25, 0.3) is 0 Å². The monoisotopic (exact) mass is 341 g/mol. The predicted octanol–water partition coefficient (Wildman–Crippen LogP) is 3.06. The maximum atomic E-state index is 13.2. The number of nitrogens with zero attached hydrogens (tertiary/aromatic N) is 1. The fourth-order valence-electron chi connectivity index (χ4n) is 2.87. The van der Waals surface area contributed by atoms with Gasteiger partial charge >= 0.3 is 0 Å². The Hall–Kier alpha value is -2.56. The summed E-state index contributed by atoms with van der Waals surface area (Å²) >= 11 is 0. The molecule has 1 heterocycles. The van der Waals surface area contributed by atoms with Crippen LogP contribution in [0.2, 0.25) is 0 Å². The second kappa shape index (κ2) is 8.51. The number of halogens is 1. The summed E-state index contributed by atoms with van der Waals surface area (Å²) in [5, 5.41) is 6.56. The number of hydrogen-bond acceptors (Lipinski definition) is 2. The molecule has 0 aliphatic carbocycles. The maximum absolute atomic E-state index is 13.2. The molecule has 0 aromatic heterocycles. The highest BCUT2D eigenvalue weighted by Crippen LogP contribution is 2.25. The minimum atomic E-state index is -0.230. The van der Waals surface area contributed by atoms with E-state index in [1.807, 2.05) is 13.0 Å². The summed E-state index contributed by atoms with van der Waals surface area (Å²) in [6, 6.07) is 12.9. The zero-order chi connectivity index (χ0) is 17.5. The first-order valence-electron chi connectivity index (χ1n) is 8.76. The van der Waals surface area contributed by atoms with Gasteiger partial charge in [-0.2, -0.15) is 0 Å². The number of nitrogens with one attached hydrogen (secondary N) is 2. The molecule has 0 amide bonds. The van der Waals surface area contributed by atoms with Gasteiger partial charge in [0.1, 0.15) is 11.6 Å². The molecule has 0 saturated heterocycles. The minimum Gasteiger partial charge on any atom is -0.493 e. The second-order valence-corrected chi connectivity index (χ2v) is 6.04. The van der Waals surface area contributed by atoms with Crippen molar-refractivity contribution in [2.24, 2.45) is 4.99 Å². The number of benzene rings is 2. The third kappa shape index (κ3) is 4.95. The van der Waals surface area contributed by atoms with E-state index >= 15 is 0 Å². The molecule has 2 aromatic carbocycles. The van der Waals surface area contributed by atoms with Gasteiger partial charge in [-0.3, -0.25) is 0 Å². The molecule has 1 aliphatic heterocycles. The highest BCUT2D eigenvalue weighted by molar-refractivity contribution is 5.79. The second-order valence-electron chi connectivity index (χ2n) is 6.04. The molecule has 25 heavy (non-hydrogen) atoms. The van der Waals surface area contributed by atoms with E-state index in [1.54, 1.807) is 6.07 Å². The van der Waals surface area contributed by atoms with E-state index in [0.29, 0.717) is 6.54 Å². The summed E-state index contributed by atoms with van der Waals surface area (Å²) in [5.74, 6) is 1.53. The molecular weight excluding hydrogens is 317 g/mol. The molecule has 0 spiro atoms. The molecule has 132 valence electrons. The molecule has 0 saturated carbocycles. The number of aliphatic imine (C=N–C) groups is 1. The number of guanidine groups is 1. The molecule has 0 fully saturated rings. The molecule has 0 bridgehead atoms. The number of rotatable bonds is 6. The maximum Gasteiger partial charge on any atom is 0.191 e. The third-order valence-corrected chi connectivity index (χ3v) is 4.11. The quantitative estimate of drug-likeness (QED) is 0.627. The van der Waals surface area contributed by atoms with Crippen molar-refractivity contribution < 1.29 is 9.13 Å². The van der Waals surface area contributed by atoms with Gasteiger partial charge in [-0.25, -0.2) is 9.38 Å². The van der Waals surface area contributed by atoms with Gasteiger partial charge in [-0.15, -0.1) is 0 Å². The van der Waals surface area contributed by atoms with Crippen LogP contribution in [0.15, 0.2) is 47.5 Å². The van der Waals surface area contributed by atoms with Crippen molar-refractivity contribution in [3.05, 3.63) is 65.0 Å². The normalized spacial score (nSPS) is 13.3. The van der Waals surface area contributed by atoms with Crippen molar-refractivity contribution in [1.29, 1.82) is 0 Å². The Morgan fingerprint density at radius 2 is 2.08 bits per heavy atom. The summed E-state index contributed by atoms with van der Waals surface area (Å²) < 4.78 is 18.8. The molecule has 0 radical (unpaired) electrons. The lowest BCUT2D eigenvalue weighted by Gasteiger charge is -2.12. The predicted molar refractivity (Wildman–Crippen MR) is 98.6 cm³/mol. The fourth-order valence-corrected chi connectivity index (χ4v) is 2.87. The third-order valence-electron chi connectivity index (χ3n) is 4.11. The first-order chi connectivity index (χ1) is 12.2. The van der Waals surface area contributed by atoms with Crippen molar-refractivity contribution in [2.75, 3.05) is 19.7 Å². The van der Waals surface area contributed by atoms with Crippen molar-refractivity contribution in [3.63, 3.8) is 0 Å². The van der Waals surface area contributed by atoms with Crippen LogP contribution in [0.3, 0.4) is 0 Å². The van der Waals surface area contributed by atoms with Crippen molar-refractivity contribution in [1.82, 2.24) is 10.6 Å². The van der Waals surface area contributed by atoms with Crippen LogP contribution < -0.4 is 15.4 Å². The van der Waals surface area contributed by atoms with Crippen LogP contribution >= 0.6 is 0 Å². The number of hydrogen-bond donors (Lipinski definition) is 2. The molecule has 2 aromatic rings. The van der Waals surface area contributed by atoms with E-state index in [4.69, 9.17) is 4.74 Å². The van der Waals surface area contributed by atoms with Crippen molar-refractivity contribution >= 4 is 5.96 Å². The van der Waals surface area contributed by atoms with E-state index in [2.05, 4.69) is 33.8 Å². The summed E-state index contributed by atoms with van der Waals surface area (Å²) in [6.45, 7) is 4.83. The average molecular weight is 341 g/mol. The van der Waals surface area contributed by atoms with Crippen LogP contribution in [0.5, 0.6) is 5.75 Å². The van der Waals surface area contributed by atoms with E-state index in [9.17, 15) is 4.39 Å². The molecule has 3 rings (SSSR count). The molecule has 0 atom stereocenters. The van der Waals surface area contributed by atoms with Gasteiger partial charge in [0.05, 0.1) is 13.2 Å². The molecule has 1 aliphatic rings. The SMILES string of the molecule is CCNC(=NCc1cccc(F)c1)NCCc1ccc2c(c1)CCO2. The smallest absolute Gasteiger partial charge is 0.191 e. The highest BCUT2D eigenvalue weighted by Gasteiger charge is 2.11. The summed E-state index contributed by atoms with van der Waals surface area (Å²) in [4.78, 5) is 4.52. The Bertz CT molecular complexity index is 745. The van der Waals surface area contributed by atoms with Crippen LogP contribution in [0.1, 0.15) is 23.6 Å². The fraction of sp³-hybridized carbons (Fsp3) is 0.350. The van der Waals surface area contributed by atoms with E-state index in [0.717, 1.165) is 49.8 Å². The van der Waals surface area contributed by atoms with Crippen LogP contribution in [-0.4, -0.2) is 25.7 Å². The average Bonchev–Trinajstić information content (AvgIpc) is 3.07. The number of fused-ring (bicyclic) bond motifs is 1. The van der Waals surface area contributed by atoms with Crippen molar-refractivity contribution in [2.45, 2.75) is 26.3 Å². The topological polar surface area (TPSA) is 45.7 Å². The first kappa shape index (κ1) is 17.3. The van der Waals surface area contributed by atoms with E-state index < -0.39 is 0 Å². The Labute approximate surface area is 148 Å². The number of ether oxygens (including phenoxy) is 1. The van der Waals surface area contributed by atoms with Crippen LogP contribution in [0.25, 0.3) is 0 Å². The van der Waals surface area contributed by atoms with Gasteiger partial charge in [-0.1, -0.05) is 24.3 Å². The summed E-state index contributed by atoms with van der Waals surface area (Å²) in [5.41, 5.74) is 3.44. The van der Waals surface area contributed by atoms with Gasteiger partial charge in [0.2, 0.25) is 0 Å². The van der Waals surface area contributed by atoms with Crippen molar-refractivity contribution in [3.8, 4) is 5.75 Å². The highest BCUT2D eigenvalue weighted by atomic mass is 19.1. The molecule has 2 N–H and O–H groups in total. The van der Waals surface area contributed by atoms with Gasteiger partial charge in [0.15, 0.2) is 5.96 Å². The molecule has 5 heteroatoms. The van der Waals surface area contributed by atoms with Crippen LogP contribution in [0, 0.1) is 5.82 Å². The summed E-state index contributed by atoms with van der Waals surface area (Å²) in [7, 11) is 0. The molecule has 0 unspecified atom stereocenters. The zero-order valence-electron chi connectivity index (χ0n) is 14.5. The van der Waals surface area contributed by atoms with Crippen LogP contribution in [0.4, 0.5) is 4.39 Å². The lowest BCUT2D eigenvalue weighted by Crippen LogP contribution is -2.38. The Kier molecular flexibility index (Phi) is 5.88. The largest absolute Gasteiger partial charge is 0.493 e. The Morgan fingerprint density at radius 1 is 1.16 bits per heavy atom. The first-order valence-corrected chi connectivity index (χ1v) is 8.76. The summed E-state index contributed by atoms with van der Waals surface area (Å²) in [6.07, 6.45) is 1.91. The van der Waals surface area contributed by atoms with Crippen LogP contribution in [-0.2, 0) is 19.4 Å². The van der Waals surface area contributed by atoms with Gasteiger partial charge in [-0.05, 0) is 48.2 Å². The van der Waals surface area contributed by atoms with E-state index in [1.165, 1.54) is 23.3 Å². The Balaban J connectivity index is 1.53. The lowest BCUT2D eigenvalue weighted by molar-refractivity contribution is 0.357. The van der Waals surface area contributed by atoms with E-state index in [-0.39, 0.29) is 5.82 Å². The Morgan fingerprint density at radius 3 is 2.92 bits per heavy atom. The zero-order valence-corrected chi connectivity index (χ0v) is 14.5. The molecule has 4 nitrogen and oxygen atoms in total. The molecular formula is C20H24FN3O. The lowest BCUT2D eigenvalue weighted by atomic mass is 10.1. The van der Waals surface area contributed by atoms with Gasteiger partial charge < -0.3 is 15.4 Å².